The number of benzene rings is 2. The van der Waals surface area contributed by atoms with Crippen LogP contribution in [0.15, 0.2) is 42.5 Å². The number of methoxy groups -OCH3 is 2. The molecule has 0 atom stereocenters. The predicted molar refractivity (Wildman–Crippen MR) is 136 cm³/mol. The molecule has 1 amide bonds. The van der Waals surface area contributed by atoms with Crippen molar-refractivity contribution in [1.82, 2.24) is 30.2 Å². The fraction of sp³-hybridized carbons (Fsp3) is 0.200. The summed E-state index contributed by atoms with van der Waals surface area (Å²) in [6, 6.07) is 14.6. The van der Waals surface area contributed by atoms with Crippen LogP contribution in [0.3, 0.4) is 0 Å². The van der Waals surface area contributed by atoms with Crippen LogP contribution in [0.25, 0.3) is 5.69 Å². The first-order valence-corrected chi connectivity index (χ1v) is 11.4. The zero-order valence-electron chi connectivity index (χ0n) is 20.5. The normalized spacial score (nSPS) is 10.5. The molecule has 4 aromatic rings. The van der Waals surface area contributed by atoms with Crippen molar-refractivity contribution in [2.75, 3.05) is 19.6 Å². The van der Waals surface area contributed by atoms with Gasteiger partial charge in [0.2, 0.25) is 0 Å². The second-order valence-electron chi connectivity index (χ2n) is 7.92. The van der Waals surface area contributed by atoms with E-state index in [1.165, 1.54) is 14.2 Å². The highest BCUT2D eigenvalue weighted by molar-refractivity contribution is 6.31. The number of nitriles is 1. The van der Waals surface area contributed by atoms with E-state index in [2.05, 4.69) is 37.0 Å². The van der Waals surface area contributed by atoms with Crippen molar-refractivity contribution < 1.29 is 14.3 Å². The van der Waals surface area contributed by atoms with Gasteiger partial charge in [0.05, 0.1) is 36.2 Å². The fourth-order valence-electron chi connectivity index (χ4n) is 3.65. The standard InChI is InChI=1S/C25H23ClN8O3/c1-14-20(15(2)34(33-14)19-10-9-18(13-27)21(26)12-19)11-16-5-7-17(8-6-16)22(35)31-32-23-28-24(36-3)30-25(29-23)37-4/h5-10,12H,11H2,1-4H3,(H,31,35)(H,28,29,30,32). The van der Waals surface area contributed by atoms with Crippen molar-refractivity contribution in [2.45, 2.75) is 20.3 Å². The molecule has 0 saturated carbocycles. The van der Waals surface area contributed by atoms with E-state index in [1.807, 2.05) is 36.7 Å². The molecule has 0 saturated heterocycles. The number of nitrogens with zero attached hydrogens (tertiary/aromatic N) is 6. The Labute approximate surface area is 218 Å². The van der Waals surface area contributed by atoms with Crippen LogP contribution in [0.4, 0.5) is 5.95 Å². The lowest BCUT2D eigenvalue weighted by atomic mass is 10.0. The number of hydrazine groups is 1. The smallest absolute Gasteiger partial charge is 0.324 e. The van der Waals surface area contributed by atoms with Crippen LogP contribution >= 0.6 is 11.6 Å². The first kappa shape index (κ1) is 25.4. The first-order chi connectivity index (χ1) is 17.8. The maximum absolute atomic E-state index is 12.6. The van der Waals surface area contributed by atoms with Crippen LogP contribution in [0.5, 0.6) is 12.0 Å². The summed E-state index contributed by atoms with van der Waals surface area (Å²) in [7, 11) is 2.82. The largest absolute Gasteiger partial charge is 0.467 e. The van der Waals surface area contributed by atoms with Crippen molar-refractivity contribution in [3.8, 4) is 23.8 Å². The van der Waals surface area contributed by atoms with E-state index in [4.69, 9.17) is 26.3 Å². The van der Waals surface area contributed by atoms with Crippen molar-refractivity contribution in [1.29, 1.82) is 5.26 Å². The average molecular weight is 519 g/mol. The van der Waals surface area contributed by atoms with E-state index in [0.29, 0.717) is 22.6 Å². The number of nitrogens with one attached hydrogen (secondary N) is 2. The third-order valence-electron chi connectivity index (χ3n) is 5.60. The fourth-order valence-corrected chi connectivity index (χ4v) is 3.87. The number of amides is 1. The second-order valence-corrected chi connectivity index (χ2v) is 8.33. The third kappa shape index (κ3) is 5.60. The summed E-state index contributed by atoms with van der Waals surface area (Å²) in [6.45, 7) is 3.93. The van der Waals surface area contributed by atoms with E-state index in [1.54, 1.807) is 24.3 Å². The average Bonchev–Trinajstić information content (AvgIpc) is 3.20. The number of carbonyl (C=O) groups excluding carboxylic acids is 1. The van der Waals surface area contributed by atoms with Crippen LogP contribution in [-0.2, 0) is 6.42 Å². The zero-order valence-corrected chi connectivity index (χ0v) is 21.3. The van der Waals surface area contributed by atoms with Crippen LogP contribution in [0.2, 0.25) is 5.02 Å². The third-order valence-corrected chi connectivity index (χ3v) is 5.92. The number of anilines is 1. The first-order valence-electron chi connectivity index (χ1n) is 11.1. The minimum Gasteiger partial charge on any atom is -0.467 e. The number of rotatable bonds is 8. The summed E-state index contributed by atoms with van der Waals surface area (Å²) in [5.41, 5.74) is 10.7. The molecule has 2 N–H and O–H groups in total. The second kappa shape index (κ2) is 10.9. The Kier molecular flexibility index (Phi) is 7.50. The topological polar surface area (TPSA) is 140 Å². The van der Waals surface area contributed by atoms with E-state index in [0.717, 1.165) is 28.2 Å². The number of halogens is 1. The molecule has 11 nitrogen and oxygen atoms in total. The summed E-state index contributed by atoms with van der Waals surface area (Å²) in [4.78, 5) is 24.5. The quantitative estimate of drug-likeness (QED) is 0.335. The lowest BCUT2D eigenvalue weighted by Gasteiger charge is -2.09. The molecule has 0 spiro atoms. The van der Waals surface area contributed by atoms with Crippen LogP contribution in [0.1, 0.15) is 38.4 Å². The van der Waals surface area contributed by atoms with E-state index < -0.39 is 0 Å². The Morgan fingerprint density at radius 2 is 1.73 bits per heavy atom. The molecular formula is C25H23ClN8O3. The maximum atomic E-state index is 12.6. The molecular weight excluding hydrogens is 496 g/mol. The molecule has 12 heteroatoms. The lowest BCUT2D eigenvalue weighted by molar-refractivity contribution is 0.0962. The summed E-state index contributed by atoms with van der Waals surface area (Å²) in [6.07, 6.45) is 0.631. The van der Waals surface area contributed by atoms with Crippen molar-refractivity contribution >= 4 is 23.5 Å². The number of aromatic nitrogens is 5. The molecule has 37 heavy (non-hydrogen) atoms. The van der Waals surface area contributed by atoms with Crippen LogP contribution in [-0.4, -0.2) is 44.9 Å². The highest BCUT2D eigenvalue weighted by Gasteiger charge is 2.15. The molecule has 0 aliphatic carbocycles. The van der Waals surface area contributed by atoms with E-state index >= 15 is 0 Å². The summed E-state index contributed by atoms with van der Waals surface area (Å²) >= 11 is 6.21. The summed E-state index contributed by atoms with van der Waals surface area (Å²) < 4.78 is 11.8. The van der Waals surface area contributed by atoms with Gasteiger partial charge < -0.3 is 9.47 Å². The monoisotopic (exact) mass is 518 g/mol. The number of hydrogen-bond donors (Lipinski definition) is 2. The van der Waals surface area contributed by atoms with Gasteiger partial charge in [0, 0.05) is 23.2 Å². The van der Waals surface area contributed by atoms with Gasteiger partial charge in [-0.1, -0.05) is 23.7 Å². The van der Waals surface area contributed by atoms with Gasteiger partial charge >= 0.3 is 12.0 Å². The van der Waals surface area contributed by atoms with Crippen LogP contribution < -0.4 is 20.3 Å². The van der Waals surface area contributed by atoms with Gasteiger partial charge in [0.15, 0.2) is 0 Å². The minimum atomic E-state index is -0.372. The molecule has 0 aliphatic rings. The Morgan fingerprint density at radius 1 is 1.05 bits per heavy atom. The number of ether oxygens (including phenoxy) is 2. The van der Waals surface area contributed by atoms with Crippen LogP contribution in [0, 0.1) is 25.2 Å². The minimum absolute atomic E-state index is 0.0455. The lowest BCUT2D eigenvalue weighted by Crippen LogP contribution is -2.30. The number of hydrogen-bond acceptors (Lipinski definition) is 9. The van der Waals surface area contributed by atoms with Crippen molar-refractivity contribution in [3.63, 3.8) is 0 Å². The Hall–Kier alpha value is -4.69. The predicted octanol–water partition coefficient (Wildman–Crippen LogP) is 3.56. The summed E-state index contributed by atoms with van der Waals surface area (Å²) in [5, 5.41) is 14.2. The van der Waals surface area contributed by atoms with Gasteiger partial charge in [-0.05, 0) is 49.7 Å². The van der Waals surface area contributed by atoms with Crippen molar-refractivity contribution in [3.05, 3.63) is 81.1 Å². The van der Waals surface area contributed by atoms with E-state index in [-0.39, 0.29) is 23.9 Å². The molecule has 0 aliphatic heterocycles. The molecule has 2 aromatic heterocycles. The molecule has 0 bridgehead atoms. The van der Waals surface area contributed by atoms with Gasteiger partial charge in [-0.25, -0.2) is 4.68 Å². The SMILES string of the molecule is COc1nc(NNC(=O)c2ccc(Cc3c(C)nn(-c4ccc(C#N)c(Cl)c4)c3C)cc2)nc(OC)n1. The Bertz CT molecular complexity index is 1470. The summed E-state index contributed by atoms with van der Waals surface area (Å²) in [5.74, 6) is -0.303. The maximum Gasteiger partial charge on any atom is 0.324 e. The highest BCUT2D eigenvalue weighted by Crippen LogP contribution is 2.24. The van der Waals surface area contributed by atoms with Gasteiger partial charge in [-0.2, -0.15) is 20.3 Å². The van der Waals surface area contributed by atoms with Gasteiger partial charge in [-0.15, -0.1) is 4.98 Å². The zero-order chi connectivity index (χ0) is 26.5. The highest BCUT2D eigenvalue weighted by atomic mass is 35.5. The molecule has 0 unspecified atom stereocenters. The van der Waals surface area contributed by atoms with Gasteiger partial charge in [0.1, 0.15) is 6.07 Å². The van der Waals surface area contributed by atoms with Gasteiger partial charge in [0.25, 0.3) is 11.9 Å². The van der Waals surface area contributed by atoms with Gasteiger partial charge in [-0.3, -0.25) is 15.6 Å². The molecule has 188 valence electrons. The Balaban J connectivity index is 1.45. The molecule has 0 fully saturated rings. The molecule has 2 heterocycles. The number of aryl methyl sites for hydroxylation is 1. The number of carbonyl (C=O) groups is 1. The Morgan fingerprint density at radius 3 is 2.32 bits per heavy atom. The van der Waals surface area contributed by atoms with Crippen molar-refractivity contribution in [2.24, 2.45) is 0 Å². The molecule has 4 rings (SSSR count). The molecule has 0 radical (unpaired) electrons. The van der Waals surface area contributed by atoms with E-state index in [9.17, 15) is 4.79 Å². The molecule has 2 aromatic carbocycles.